The molecule has 2 N–H and O–H groups in total. The average Bonchev–Trinajstić information content (AvgIpc) is 3.05. The summed E-state index contributed by atoms with van der Waals surface area (Å²) in [5.41, 5.74) is 8.19. The van der Waals surface area contributed by atoms with Gasteiger partial charge in [-0.2, -0.15) is 5.26 Å². The highest BCUT2D eigenvalue weighted by molar-refractivity contribution is 6.33. The number of carbonyl (C=O) groups excluding carboxylic acids is 2. The Morgan fingerprint density at radius 1 is 1.09 bits per heavy atom. The minimum Gasteiger partial charge on any atom is -0.384 e. The molecule has 33 heavy (non-hydrogen) atoms. The second-order valence-corrected chi connectivity index (χ2v) is 8.89. The Labute approximate surface area is 197 Å². The van der Waals surface area contributed by atoms with E-state index in [1.165, 1.54) is 0 Å². The Kier molecular flexibility index (Phi) is 5.02. The summed E-state index contributed by atoms with van der Waals surface area (Å²) in [5.74, 6) is -0.276. The first-order valence-electron chi connectivity index (χ1n) is 11.1. The van der Waals surface area contributed by atoms with Crippen molar-refractivity contribution in [2.24, 2.45) is 5.73 Å². The number of amides is 1. The van der Waals surface area contributed by atoms with Gasteiger partial charge in [0.2, 0.25) is 5.91 Å². The molecular weight excluding hydrogens is 436 g/mol. The molecule has 0 bridgehead atoms. The van der Waals surface area contributed by atoms with Gasteiger partial charge in [0.1, 0.15) is 17.3 Å². The highest BCUT2D eigenvalue weighted by atomic mass is 35.5. The van der Waals surface area contributed by atoms with Crippen LogP contribution < -0.4 is 15.5 Å². The lowest BCUT2D eigenvalue weighted by atomic mass is 9.64. The largest absolute Gasteiger partial charge is 0.384 e. The number of hydrogen-bond acceptors (Lipinski definition) is 5. The van der Waals surface area contributed by atoms with Gasteiger partial charge >= 0.3 is 0 Å². The zero-order chi connectivity index (χ0) is 23.3. The molecule has 0 saturated carbocycles. The Balaban J connectivity index is 1.89. The number of nitrogens with zero attached hydrogens (tertiary/aromatic N) is 3. The van der Waals surface area contributed by atoms with E-state index < -0.39 is 5.41 Å². The first-order chi connectivity index (χ1) is 16.0. The second kappa shape index (κ2) is 7.79. The van der Waals surface area contributed by atoms with E-state index in [4.69, 9.17) is 17.3 Å². The van der Waals surface area contributed by atoms with E-state index in [0.29, 0.717) is 53.4 Å². The van der Waals surface area contributed by atoms with Gasteiger partial charge in [0.15, 0.2) is 5.78 Å². The van der Waals surface area contributed by atoms with Crippen molar-refractivity contribution in [3.8, 4) is 6.07 Å². The maximum absolute atomic E-state index is 14.2. The fraction of sp³-hybridized carbons (Fsp3) is 0.269. The van der Waals surface area contributed by atoms with Gasteiger partial charge in [-0.05, 0) is 37.5 Å². The first-order valence-corrected chi connectivity index (χ1v) is 11.5. The van der Waals surface area contributed by atoms with Crippen LogP contribution in [0, 0.1) is 11.3 Å². The van der Waals surface area contributed by atoms with E-state index >= 15 is 0 Å². The number of nitriles is 1. The zero-order valence-corrected chi connectivity index (χ0v) is 19.0. The highest BCUT2D eigenvalue weighted by Gasteiger charge is 2.62. The van der Waals surface area contributed by atoms with E-state index in [1.807, 2.05) is 43.3 Å². The van der Waals surface area contributed by atoms with Crippen molar-refractivity contribution >= 4 is 34.7 Å². The molecule has 2 aromatic carbocycles. The summed E-state index contributed by atoms with van der Waals surface area (Å²) in [6.45, 7) is 2.48. The summed E-state index contributed by atoms with van der Waals surface area (Å²) >= 11 is 6.52. The number of para-hydroxylation sites is 2. The molecule has 3 aliphatic rings. The van der Waals surface area contributed by atoms with Crippen LogP contribution in [0.5, 0.6) is 0 Å². The molecule has 2 aromatic rings. The second-order valence-electron chi connectivity index (χ2n) is 8.48. The number of benzene rings is 2. The number of halogens is 1. The molecule has 0 fully saturated rings. The molecule has 1 amide bonds. The van der Waals surface area contributed by atoms with Gasteiger partial charge in [0.05, 0.1) is 16.3 Å². The third-order valence-electron chi connectivity index (χ3n) is 6.72. The molecule has 1 spiro atoms. The summed E-state index contributed by atoms with van der Waals surface area (Å²) in [7, 11) is 0. The lowest BCUT2D eigenvalue weighted by molar-refractivity contribution is -0.124. The van der Waals surface area contributed by atoms with Crippen molar-refractivity contribution in [3.63, 3.8) is 0 Å². The molecule has 1 atom stereocenters. The van der Waals surface area contributed by atoms with Gasteiger partial charge in [-0.25, -0.2) is 0 Å². The Bertz CT molecular complexity index is 1310. The summed E-state index contributed by atoms with van der Waals surface area (Å²) in [6.07, 6.45) is 2.25. The number of hydrogen-bond donors (Lipinski definition) is 1. The molecule has 5 rings (SSSR count). The van der Waals surface area contributed by atoms with Crippen molar-refractivity contribution in [3.05, 3.63) is 81.8 Å². The molecule has 2 heterocycles. The number of carbonyl (C=O) groups is 2. The Morgan fingerprint density at radius 2 is 1.79 bits per heavy atom. The van der Waals surface area contributed by atoms with Crippen molar-refractivity contribution in [1.82, 2.24) is 0 Å². The molecule has 166 valence electrons. The number of fused-ring (bicyclic) bond motifs is 3. The van der Waals surface area contributed by atoms with Crippen molar-refractivity contribution in [1.29, 1.82) is 5.26 Å². The molecular formula is C26H23ClN4O2. The summed E-state index contributed by atoms with van der Waals surface area (Å²) in [4.78, 5) is 31.2. The SMILES string of the molecule is CCCN1C(=O)C2(C(C#N)=C(N)N(c3ccccc3Cl)C3=C2C(=O)CCC3)c2ccccc21. The molecule has 1 aliphatic carbocycles. The maximum atomic E-state index is 14.2. The fourth-order valence-electron chi connectivity index (χ4n) is 5.48. The third-order valence-corrected chi connectivity index (χ3v) is 7.04. The maximum Gasteiger partial charge on any atom is 0.247 e. The molecule has 0 radical (unpaired) electrons. The number of nitrogens with two attached hydrogens (primary N) is 1. The number of allylic oxidation sites excluding steroid dienone is 1. The normalized spacial score (nSPS) is 22.1. The minimum atomic E-state index is -1.53. The average molecular weight is 459 g/mol. The van der Waals surface area contributed by atoms with Crippen LogP contribution in [0.3, 0.4) is 0 Å². The van der Waals surface area contributed by atoms with Crippen LogP contribution in [0.1, 0.15) is 38.2 Å². The van der Waals surface area contributed by atoms with E-state index in [9.17, 15) is 14.9 Å². The van der Waals surface area contributed by atoms with Crippen LogP contribution in [0.4, 0.5) is 11.4 Å². The molecule has 0 saturated heterocycles. The van der Waals surface area contributed by atoms with Gasteiger partial charge < -0.3 is 10.6 Å². The van der Waals surface area contributed by atoms with Crippen LogP contribution in [0.2, 0.25) is 5.02 Å². The van der Waals surface area contributed by atoms with Crippen molar-refractivity contribution < 1.29 is 9.59 Å². The lowest BCUT2D eigenvalue weighted by Gasteiger charge is -2.44. The number of rotatable bonds is 3. The monoisotopic (exact) mass is 458 g/mol. The van der Waals surface area contributed by atoms with Crippen LogP contribution in [-0.2, 0) is 15.0 Å². The molecule has 7 heteroatoms. The van der Waals surface area contributed by atoms with Crippen LogP contribution in [-0.4, -0.2) is 18.2 Å². The summed E-state index contributed by atoms with van der Waals surface area (Å²) in [6, 6.07) is 16.8. The highest BCUT2D eigenvalue weighted by Crippen LogP contribution is 2.57. The van der Waals surface area contributed by atoms with Gasteiger partial charge in [-0.1, -0.05) is 48.9 Å². The van der Waals surface area contributed by atoms with Gasteiger partial charge in [0.25, 0.3) is 0 Å². The van der Waals surface area contributed by atoms with Gasteiger partial charge in [0, 0.05) is 35.5 Å². The number of ketones is 1. The Morgan fingerprint density at radius 3 is 2.48 bits per heavy atom. The zero-order valence-electron chi connectivity index (χ0n) is 18.3. The predicted molar refractivity (Wildman–Crippen MR) is 127 cm³/mol. The topological polar surface area (TPSA) is 90.4 Å². The molecule has 2 aliphatic heterocycles. The van der Waals surface area contributed by atoms with Gasteiger partial charge in [-0.15, -0.1) is 0 Å². The standard InChI is InChI=1S/C26H23ClN4O2/c1-2-14-30-19-10-5-3-8-16(19)26(25(30)33)17(15-28)24(29)31(20-11-6-4-9-18(20)27)21-12-7-13-22(32)23(21)26/h3-6,8-11H,2,7,12-14,29H2,1H3. The van der Waals surface area contributed by atoms with E-state index in [1.54, 1.807) is 21.9 Å². The molecule has 6 nitrogen and oxygen atoms in total. The van der Waals surface area contributed by atoms with E-state index in [0.717, 1.165) is 12.1 Å². The summed E-state index contributed by atoms with van der Waals surface area (Å²) in [5, 5.41) is 10.9. The fourth-order valence-corrected chi connectivity index (χ4v) is 5.70. The Hall–Kier alpha value is -3.56. The number of anilines is 2. The summed E-state index contributed by atoms with van der Waals surface area (Å²) < 4.78 is 0. The quantitative estimate of drug-likeness (QED) is 0.728. The number of Topliss-reactive ketones (excluding diaryl/α,β-unsaturated/α-hetero) is 1. The first kappa shape index (κ1) is 21.3. The smallest absolute Gasteiger partial charge is 0.247 e. The lowest BCUT2D eigenvalue weighted by Crippen LogP contribution is -2.52. The molecule has 0 aromatic heterocycles. The predicted octanol–water partition coefficient (Wildman–Crippen LogP) is 4.56. The van der Waals surface area contributed by atoms with E-state index in [-0.39, 0.29) is 23.1 Å². The van der Waals surface area contributed by atoms with Crippen molar-refractivity contribution in [2.75, 3.05) is 16.3 Å². The van der Waals surface area contributed by atoms with Gasteiger partial charge in [-0.3, -0.25) is 14.5 Å². The third kappa shape index (κ3) is 2.72. The van der Waals surface area contributed by atoms with Crippen LogP contribution in [0.15, 0.2) is 71.2 Å². The van der Waals surface area contributed by atoms with Crippen molar-refractivity contribution in [2.45, 2.75) is 38.0 Å². The van der Waals surface area contributed by atoms with Crippen LogP contribution in [0.25, 0.3) is 0 Å². The minimum absolute atomic E-state index is 0.0764. The van der Waals surface area contributed by atoms with Crippen LogP contribution >= 0.6 is 11.6 Å². The molecule has 1 unspecified atom stereocenters. The van der Waals surface area contributed by atoms with E-state index in [2.05, 4.69) is 6.07 Å².